The number of likely N-dealkylation sites (tertiary alicyclic amines) is 1. The number of nitriles is 1. The van der Waals surface area contributed by atoms with Gasteiger partial charge in [-0.25, -0.2) is 4.52 Å². The van der Waals surface area contributed by atoms with E-state index in [1.807, 2.05) is 30.2 Å². The van der Waals surface area contributed by atoms with Crippen molar-refractivity contribution in [2.75, 3.05) is 13.2 Å². The van der Waals surface area contributed by atoms with Gasteiger partial charge in [0.2, 0.25) is 0 Å². The average Bonchev–Trinajstić information content (AvgIpc) is 3.52. The number of rotatable bonds is 4. The molecule has 0 N–H and O–H groups in total. The number of carbonyl (C=O) groups excluding carboxylic acids is 1. The van der Waals surface area contributed by atoms with E-state index in [4.69, 9.17) is 16.1 Å². The van der Waals surface area contributed by atoms with Crippen LogP contribution in [0.15, 0.2) is 36.8 Å². The lowest BCUT2D eigenvalue weighted by Gasteiger charge is -2.30. The van der Waals surface area contributed by atoms with Gasteiger partial charge in [-0.15, -0.1) is 6.42 Å². The van der Waals surface area contributed by atoms with Crippen LogP contribution in [0.25, 0.3) is 16.6 Å². The Morgan fingerprint density at radius 2 is 2.23 bits per heavy atom. The Morgan fingerprint density at radius 3 is 2.87 bits per heavy atom. The third kappa shape index (κ3) is 3.10. The second kappa shape index (κ2) is 7.45. The minimum absolute atomic E-state index is 0.207. The molecule has 1 amide bonds. The van der Waals surface area contributed by atoms with Gasteiger partial charge in [0.15, 0.2) is 0 Å². The number of carbonyl (C=O) groups is 1. The van der Waals surface area contributed by atoms with E-state index in [1.165, 1.54) is 0 Å². The van der Waals surface area contributed by atoms with E-state index in [-0.39, 0.29) is 11.9 Å². The molecule has 2 bridgehead atoms. The molecule has 3 aromatic heterocycles. The van der Waals surface area contributed by atoms with Crippen molar-refractivity contribution in [3.63, 3.8) is 0 Å². The summed E-state index contributed by atoms with van der Waals surface area (Å²) in [7, 11) is 0. The largest absolute Gasteiger partial charge is 0.492 e. The molecule has 1 saturated heterocycles. The molecule has 4 heterocycles. The van der Waals surface area contributed by atoms with Crippen LogP contribution in [-0.2, 0) is 4.79 Å². The molecule has 1 aliphatic carbocycles. The fourth-order valence-corrected chi connectivity index (χ4v) is 5.08. The maximum Gasteiger partial charge on any atom is 0.298 e. The van der Waals surface area contributed by atoms with Gasteiger partial charge >= 0.3 is 0 Å². The lowest BCUT2D eigenvalue weighted by molar-refractivity contribution is -0.126. The van der Waals surface area contributed by atoms with E-state index in [0.29, 0.717) is 36.3 Å². The third-order valence-corrected chi connectivity index (χ3v) is 6.42. The van der Waals surface area contributed by atoms with Gasteiger partial charge in [-0.2, -0.15) is 10.4 Å². The van der Waals surface area contributed by atoms with Gasteiger partial charge in [0.05, 0.1) is 30.1 Å². The monoisotopic (exact) mass is 411 g/mol. The maximum atomic E-state index is 11.9. The highest BCUT2D eigenvalue weighted by atomic mass is 16.5. The molecule has 3 unspecified atom stereocenters. The quantitative estimate of drug-likeness (QED) is 0.617. The van der Waals surface area contributed by atoms with Gasteiger partial charge in [-0.1, -0.05) is 6.07 Å². The zero-order chi connectivity index (χ0) is 21.5. The van der Waals surface area contributed by atoms with Gasteiger partial charge in [0, 0.05) is 41.5 Å². The Balaban J connectivity index is 1.46. The summed E-state index contributed by atoms with van der Waals surface area (Å²) in [6.07, 6.45) is 12.4. The van der Waals surface area contributed by atoms with Crippen molar-refractivity contribution in [2.45, 2.75) is 31.7 Å². The molecule has 31 heavy (non-hydrogen) atoms. The Morgan fingerprint density at radius 1 is 1.35 bits per heavy atom. The molecular weight excluding hydrogens is 390 g/mol. The molecule has 0 aromatic carbocycles. The first kappa shape index (κ1) is 19.1. The molecule has 2 aliphatic rings. The Hall–Kier alpha value is -3.84. The summed E-state index contributed by atoms with van der Waals surface area (Å²) in [5, 5.41) is 13.8. The van der Waals surface area contributed by atoms with Gasteiger partial charge in [0.25, 0.3) is 5.91 Å². The number of hydrogen-bond acceptors (Lipinski definition) is 5. The first-order valence-electron chi connectivity index (χ1n) is 10.4. The molecule has 1 aliphatic heterocycles. The number of amides is 1. The van der Waals surface area contributed by atoms with Crippen molar-refractivity contribution >= 4 is 11.4 Å². The number of hydrogen-bond donors (Lipinski definition) is 0. The van der Waals surface area contributed by atoms with E-state index in [2.05, 4.69) is 23.2 Å². The van der Waals surface area contributed by atoms with E-state index >= 15 is 0 Å². The molecule has 7 heteroatoms. The van der Waals surface area contributed by atoms with Crippen LogP contribution in [-0.4, -0.2) is 44.6 Å². The minimum Gasteiger partial charge on any atom is -0.492 e. The van der Waals surface area contributed by atoms with Crippen LogP contribution >= 0.6 is 0 Å². The number of fused-ring (bicyclic) bond motifs is 3. The molecule has 2 fully saturated rings. The van der Waals surface area contributed by atoms with Crippen molar-refractivity contribution in [3.8, 4) is 35.3 Å². The first-order chi connectivity index (χ1) is 15.1. The number of nitrogens with zero attached hydrogens (tertiary/aromatic N) is 5. The van der Waals surface area contributed by atoms with Crippen LogP contribution in [0.4, 0.5) is 0 Å². The SMILES string of the molecule is C#CC(=O)N1CC2CC1CC2c1ccc(-c2cc(OCC)cn3ncc(C#N)c23)cn1. The van der Waals surface area contributed by atoms with E-state index in [1.54, 1.807) is 16.9 Å². The predicted octanol–water partition coefficient (Wildman–Crippen LogP) is 3.00. The molecule has 3 aromatic rings. The summed E-state index contributed by atoms with van der Waals surface area (Å²) in [5.74, 6) is 3.45. The van der Waals surface area contributed by atoms with Crippen molar-refractivity contribution in [1.29, 1.82) is 5.26 Å². The summed E-state index contributed by atoms with van der Waals surface area (Å²) >= 11 is 0. The highest BCUT2D eigenvalue weighted by molar-refractivity contribution is 5.93. The van der Waals surface area contributed by atoms with E-state index in [9.17, 15) is 10.1 Å². The molecule has 1 saturated carbocycles. The Kier molecular flexibility index (Phi) is 4.60. The predicted molar refractivity (Wildman–Crippen MR) is 114 cm³/mol. The molecular formula is C24H21N5O2. The number of pyridine rings is 2. The molecule has 7 nitrogen and oxygen atoms in total. The lowest BCUT2D eigenvalue weighted by Crippen LogP contribution is -2.38. The summed E-state index contributed by atoms with van der Waals surface area (Å²) < 4.78 is 7.37. The molecule has 3 atom stereocenters. The Bertz CT molecular complexity index is 1250. The number of terminal acetylenes is 1. The first-order valence-corrected chi connectivity index (χ1v) is 10.4. The Labute approximate surface area is 180 Å². The second-order valence-electron chi connectivity index (χ2n) is 8.05. The van der Waals surface area contributed by atoms with Gasteiger partial charge in [-0.3, -0.25) is 9.78 Å². The van der Waals surface area contributed by atoms with Crippen molar-refractivity contribution in [2.24, 2.45) is 5.92 Å². The number of ether oxygens (including phenoxy) is 1. The fourth-order valence-electron chi connectivity index (χ4n) is 5.08. The van der Waals surface area contributed by atoms with Crippen molar-refractivity contribution in [1.82, 2.24) is 19.5 Å². The topological polar surface area (TPSA) is 83.5 Å². The normalized spacial score (nSPS) is 21.8. The molecule has 0 radical (unpaired) electrons. The summed E-state index contributed by atoms with van der Waals surface area (Å²) in [5.41, 5.74) is 4.05. The van der Waals surface area contributed by atoms with Crippen LogP contribution in [0.1, 0.15) is 36.9 Å². The summed E-state index contributed by atoms with van der Waals surface area (Å²) in [6.45, 7) is 3.18. The van der Waals surface area contributed by atoms with Crippen LogP contribution in [0.2, 0.25) is 0 Å². The van der Waals surface area contributed by atoms with Gasteiger partial charge in [0.1, 0.15) is 11.8 Å². The van der Waals surface area contributed by atoms with E-state index < -0.39 is 0 Å². The van der Waals surface area contributed by atoms with Crippen LogP contribution in [0.3, 0.4) is 0 Å². The highest BCUT2D eigenvalue weighted by Gasteiger charge is 2.47. The average molecular weight is 411 g/mol. The smallest absolute Gasteiger partial charge is 0.298 e. The standard InChI is InChI=1S/C24H21N5O2/c1-3-23(30)28-13-16-7-18(28)8-20(16)22-6-5-15(11-26-22)21-9-19(31-4-2)14-29-24(21)17(10-25)12-27-29/h1,5-6,9,11-12,14,16,18,20H,4,7-8,13H2,2H3. The third-order valence-electron chi connectivity index (χ3n) is 6.42. The molecule has 5 rings (SSSR count). The lowest BCUT2D eigenvalue weighted by atomic mass is 9.90. The molecule has 154 valence electrons. The minimum atomic E-state index is -0.207. The zero-order valence-corrected chi connectivity index (χ0v) is 17.2. The van der Waals surface area contributed by atoms with Crippen molar-refractivity contribution in [3.05, 3.63) is 48.0 Å². The van der Waals surface area contributed by atoms with Crippen LogP contribution < -0.4 is 4.74 Å². The fraction of sp³-hybridized carbons (Fsp3) is 0.333. The van der Waals surface area contributed by atoms with Crippen LogP contribution in [0, 0.1) is 29.6 Å². The van der Waals surface area contributed by atoms with Gasteiger partial charge in [-0.05, 0) is 43.7 Å². The van der Waals surface area contributed by atoms with E-state index in [0.717, 1.165) is 35.2 Å². The van der Waals surface area contributed by atoms with Crippen molar-refractivity contribution < 1.29 is 9.53 Å². The summed E-state index contributed by atoms with van der Waals surface area (Å²) in [6, 6.07) is 8.45. The van der Waals surface area contributed by atoms with Gasteiger partial charge < -0.3 is 9.64 Å². The summed E-state index contributed by atoms with van der Waals surface area (Å²) in [4.78, 5) is 18.5. The molecule has 0 spiro atoms. The number of aromatic nitrogens is 3. The zero-order valence-electron chi connectivity index (χ0n) is 17.2. The second-order valence-corrected chi connectivity index (χ2v) is 8.05. The van der Waals surface area contributed by atoms with Crippen LogP contribution in [0.5, 0.6) is 5.75 Å². The maximum absolute atomic E-state index is 11.9. The highest BCUT2D eigenvalue weighted by Crippen LogP contribution is 2.47. The number of piperidine rings is 1.